The number of nitrogens with one attached hydrogen (secondary N) is 2. The van der Waals surface area contributed by atoms with E-state index in [1.165, 1.54) is 5.70 Å². The zero-order valence-corrected chi connectivity index (χ0v) is 14.9. The molecule has 1 aliphatic heterocycles. The second-order valence-corrected chi connectivity index (χ2v) is 7.80. The lowest BCUT2D eigenvalue weighted by molar-refractivity contribution is 0.0454. The summed E-state index contributed by atoms with van der Waals surface area (Å²) >= 11 is 2.42. The molecule has 1 fully saturated rings. The van der Waals surface area contributed by atoms with Crippen molar-refractivity contribution in [2.75, 3.05) is 4.43 Å². The van der Waals surface area contributed by atoms with Gasteiger partial charge in [-0.3, -0.25) is 0 Å². The number of hydrogen-bond donors (Lipinski definition) is 2. The van der Waals surface area contributed by atoms with Gasteiger partial charge in [0.15, 0.2) is 0 Å². The van der Waals surface area contributed by atoms with Crippen LogP contribution in [0.3, 0.4) is 0 Å². The molecular formula is C15H25IN2O2. The first-order valence-electron chi connectivity index (χ1n) is 7.31. The summed E-state index contributed by atoms with van der Waals surface area (Å²) in [6.07, 6.45) is 4.12. The Bertz CT molecular complexity index is 403. The summed E-state index contributed by atoms with van der Waals surface area (Å²) in [5.74, 6) is 0.859. The molecule has 0 saturated carbocycles. The van der Waals surface area contributed by atoms with E-state index in [9.17, 15) is 4.79 Å². The molecule has 4 atom stereocenters. The van der Waals surface area contributed by atoms with Crippen LogP contribution in [0.5, 0.6) is 0 Å². The predicted molar refractivity (Wildman–Crippen MR) is 88.9 cm³/mol. The third-order valence-electron chi connectivity index (χ3n) is 3.87. The number of alkyl halides is 1. The van der Waals surface area contributed by atoms with E-state index in [0.29, 0.717) is 17.9 Å². The third kappa shape index (κ3) is 4.02. The van der Waals surface area contributed by atoms with Gasteiger partial charge in [-0.15, -0.1) is 0 Å². The Labute approximate surface area is 135 Å². The molecule has 0 spiro atoms. The molecule has 0 aromatic heterocycles. The number of hydrogen-bond acceptors (Lipinski definition) is 3. The van der Waals surface area contributed by atoms with Gasteiger partial charge < -0.3 is 15.4 Å². The lowest BCUT2D eigenvalue weighted by Gasteiger charge is -2.43. The summed E-state index contributed by atoms with van der Waals surface area (Å²) in [5, 5.41) is 6.68. The fourth-order valence-electron chi connectivity index (χ4n) is 3.15. The van der Waals surface area contributed by atoms with Crippen molar-refractivity contribution in [3.8, 4) is 0 Å². The highest BCUT2D eigenvalue weighted by molar-refractivity contribution is 14.1. The van der Waals surface area contributed by atoms with Crippen LogP contribution in [0.4, 0.5) is 4.79 Å². The molecule has 1 saturated heterocycles. The van der Waals surface area contributed by atoms with Gasteiger partial charge in [0, 0.05) is 22.2 Å². The van der Waals surface area contributed by atoms with Gasteiger partial charge in [0.1, 0.15) is 5.60 Å². The summed E-state index contributed by atoms with van der Waals surface area (Å²) in [7, 11) is 0. The number of ether oxygens (including phenoxy) is 1. The van der Waals surface area contributed by atoms with Crippen molar-refractivity contribution < 1.29 is 9.53 Å². The Hall–Kier alpha value is -0.460. The third-order valence-corrected chi connectivity index (χ3v) is 4.93. The van der Waals surface area contributed by atoms with E-state index < -0.39 is 5.60 Å². The molecule has 2 bridgehead atoms. The molecule has 0 aromatic rings. The van der Waals surface area contributed by atoms with Crippen LogP contribution in [-0.2, 0) is 4.74 Å². The van der Waals surface area contributed by atoms with Crippen molar-refractivity contribution in [1.82, 2.24) is 10.6 Å². The van der Waals surface area contributed by atoms with Crippen LogP contribution in [0.1, 0.15) is 40.5 Å². The average molecular weight is 392 g/mol. The molecule has 0 radical (unpaired) electrons. The predicted octanol–water partition coefficient (Wildman–Crippen LogP) is 3.22. The minimum absolute atomic E-state index is 0.182. The van der Waals surface area contributed by atoms with Crippen LogP contribution in [0.2, 0.25) is 0 Å². The van der Waals surface area contributed by atoms with Crippen LogP contribution < -0.4 is 10.6 Å². The minimum Gasteiger partial charge on any atom is -0.444 e. The molecule has 2 N–H and O–H groups in total. The highest BCUT2D eigenvalue weighted by Crippen LogP contribution is 2.35. The average Bonchev–Trinajstić information content (AvgIpc) is 2.31. The molecule has 2 aliphatic rings. The first-order chi connectivity index (χ1) is 9.28. The van der Waals surface area contributed by atoms with E-state index in [4.69, 9.17) is 4.74 Å². The monoisotopic (exact) mass is 392 g/mol. The van der Waals surface area contributed by atoms with E-state index in [-0.39, 0.29) is 12.1 Å². The molecule has 2 unspecified atom stereocenters. The topological polar surface area (TPSA) is 50.4 Å². The van der Waals surface area contributed by atoms with Crippen LogP contribution >= 0.6 is 22.6 Å². The molecule has 2 rings (SSSR count). The van der Waals surface area contributed by atoms with Gasteiger partial charge in [-0.2, -0.15) is 0 Å². The van der Waals surface area contributed by atoms with E-state index >= 15 is 0 Å². The fourth-order valence-corrected chi connectivity index (χ4v) is 3.73. The molecule has 0 aromatic carbocycles. The first-order valence-corrected chi connectivity index (χ1v) is 8.84. The second kappa shape index (κ2) is 6.12. The minimum atomic E-state index is -0.443. The molecule has 20 heavy (non-hydrogen) atoms. The highest BCUT2D eigenvalue weighted by Gasteiger charge is 2.37. The largest absolute Gasteiger partial charge is 0.444 e. The fraction of sp³-hybridized carbons (Fsp3) is 0.800. The number of piperidine rings is 1. The summed E-state index contributed by atoms with van der Waals surface area (Å²) < 4.78 is 6.49. The van der Waals surface area contributed by atoms with Gasteiger partial charge in [0.25, 0.3) is 0 Å². The zero-order valence-electron chi connectivity index (χ0n) is 12.7. The standard InChI is InChI=1S/C15H25IN2O2/c1-9-5-11-6-10(7-12(8-16)17-11)13(9)18-14(19)20-15(2,3)4/h5,9-10,12-13,17H,6-8H2,1-4H3,(H,18,19)/t9-,10-,12?,13?/m0/s1. The summed E-state index contributed by atoms with van der Waals surface area (Å²) in [6, 6.07) is 0.706. The Morgan fingerprint density at radius 3 is 2.85 bits per heavy atom. The number of carbonyl (C=O) groups excluding carboxylic acids is 1. The maximum Gasteiger partial charge on any atom is 0.407 e. The molecule has 1 heterocycles. The molecule has 5 heteroatoms. The number of alkyl carbamates (subject to hydrolysis) is 1. The Morgan fingerprint density at radius 1 is 1.55 bits per heavy atom. The highest BCUT2D eigenvalue weighted by atomic mass is 127. The van der Waals surface area contributed by atoms with Crippen molar-refractivity contribution in [3.63, 3.8) is 0 Å². The number of allylic oxidation sites excluding steroid dienone is 1. The Kier molecular flexibility index (Phi) is 4.87. The SMILES string of the molecule is C[C@H]1C=C2C[C@@H](CC(CI)N2)C1NC(=O)OC(C)(C)C. The van der Waals surface area contributed by atoms with Gasteiger partial charge in [0.2, 0.25) is 0 Å². The summed E-state index contributed by atoms with van der Waals surface area (Å²) in [4.78, 5) is 12.0. The van der Waals surface area contributed by atoms with Crippen molar-refractivity contribution in [2.45, 2.75) is 58.2 Å². The Balaban J connectivity index is 2.02. The summed E-state index contributed by atoms with van der Waals surface area (Å²) in [6.45, 7) is 7.85. The number of fused-ring (bicyclic) bond motifs is 2. The van der Waals surface area contributed by atoms with Crippen LogP contribution in [-0.4, -0.2) is 28.2 Å². The van der Waals surface area contributed by atoms with Gasteiger partial charge in [0.05, 0.1) is 0 Å². The lowest BCUT2D eigenvalue weighted by atomic mass is 9.75. The van der Waals surface area contributed by atoms with Gasteiger partial charge in [-0.1, -0.05) is 35.6 Å². The van der Waals surface area contributed by atoms with Crippen molar-refractivity contribution in [1.29, 1.82) is 0 Å². The van der Waals surface area contributed by atoms with Crippen LogP contribution in [0, 0.1) is 11.8 Å². The maximum atomic E-state index is 12.0. The smallest absolute Gasteiger partial charge is 0.407 e. The van der Waals surface area contributed by atoms with E-state index in [1.807, 2.05) is 20.8 Å². The van der Waals surface area contributed by atoms with Crippen molar-refractivity contribution >= 4 is 28.7 Å². The van der Waals surface area contributed by atoms with Crippen molar-refractivity contribution in [2.24, 2.45) is 11.8 Å². The van der Waals surface area contributed by atoms with E-state index in [0.717, 1.165) is 17.3 Å². The quantitative estimate of drug-likeness (QED) is 0.561. The first kappa shape index (κ1) is 15.9. The van der Waals surface area contributed by atoms with E-state index in [2.05, 4.69) is 46.2 Å². The molecule has 1 amide bonds. The Morgan fingerprint density at radius 2 is 2.25 bits per heavy atom. The normalized spacial score (nSPS) is 33.0. The number of rotatable bonds is 2. The number of amides is 1. The van der Waals surface area contributed by atoms with Crippen LogP contribution in [0.25, 0.3) is 0 Å². The lowest BCUT2D eigenvalue weighted by Crippen LogP contribution is -2.53. The molecular weight excluding hydrogens is 367 g/mol. The molecule has 1 aliphatic carbocycles. The number of halogens is 1. The van der Waals surface area contributed by atoms with Crippen molar-refractivity contribution in [3.05, 3.63) is 11.8 Å². The molecule has 114 valence electrons. The van der Waals surface area contributed by atoms with Crippen LogP contribution in [0.15, 0.2) is 11.8 Å². The zero-order chi connectivity index (χ0) is 14.9. The maximum absolute atomic E-state index is 12.0. The van der Waals surface area contributed by atoms with Gasteiger partial charge in [-0.25, -0.2) is 4.79 Å². The van der Waals surface area contributed by atoms with E-state index in [1.54, 1.807) is 0 Å². The summed E-state index contributed by atoms with van der Waals surface area (Å²) in [5.41, 5.74) is 0.902. The second-order valence-electron chi connectivity index (χ2n) is 6.92. The number of carbonyl (C=O) groups is 1. The van der Waals surface area contributed by atoms with Gasteiger partial charge >= 0.3 is 6.09 Å². The molecule has 4 nitrogen and oxygen atoms in total. The van der Waals surface area contributed by atoms with Gasteiger partial charge in [-0.05, 0) is 45.4 Å².